The van der Waals surface area contributed by atoms with Crippen LogP contribution in [0.15, 0.2) is 29.1 Å². The van der Waals surface area contributed by atoms with Crippen molar-refractivity contribution in [3.8, 4) is 5.75 Å². The number of nitrogens with one attached hydrogen (secondary N) is 1. The first-order chi connectivity index (χ1) is 9.70. The van der Waals surface area contributed by atoms with Crippen LogP contribution in [0.3, 0.4) is 0 Å². The van der Waals surface area contributed by atoms with Crippen LogP contribution in [0, 0.1) is 6.92 Å². The Bertz CT molecular complexity index is 526. The van der Waals surface area contributed by atoms with E-state index >= 15 is 0 Å². The molecule has 1 atom stereocenters. The van der Waals surface area contributed by atoms with Gasteiger partial charge in [0.1, 0.15) is 5.75 Å². The average Bonchev–Trinajstić information content (AvgIpc) is 2.96. The van der Waals surface area contributed by atoms with Crippen LogP contribution in [-0.4, -0.2) is 16.7 Å². The summed E-state index contributed by atoms with van der Waals surface area (Å²) in [6.07, 6.45) is 2.44. The Balaban J connectivity index is 1.98. The van der Waals surface area contributed by atoms with E-state index in [1.165, 1.54) is 12.0 Å². The highest BCUT2D eigenvalue weighted by atomic mass is 16.5. The Morgan fingerprint density at radius 1 is 1.40 bits per heavy atom. The summed E-state index contributed by atoms with van der Waals surface area (Å²) in [5.41, 5.74) is 2.37. The molecule has 0 spiro atoms. The summed E-state index contributed by atoms with van der Waals surface area (Å²) in [4.78, 5) is 3.93. The zero-order valence-corrected chi connectivity index (χ0v) is 12.2. The standard InChI is InChI=1S/C15H21N3O2/c1-4-7-16-12(3)13-5-6-14(11(2)8-13)19-9-15-17-10-20-18-15/h5-6,8,10,12,16H,4,7,9H2,1-3H3. The van der Waals surface area contributed by atoms with Crippen molar-refractivity contribution in [3.63, 3.8) is 0 Å². The maximum Gasteiger partial charge on any atom is 0.213 e. The molecular formula is C15H21N3O2. The second-order valence-electron chi connectivity index (χ2n) is 4.84. The van der Waals surface area contributed by atoms with E-state index in [-0.39, 0.29) is 0 Å². The van der Waals surface area contributed by atoms with Crippen LogP contribution in [0.2, 0.25) is 0 Å². The molecule has 2 rings (SSSR count). The molecule has 0 radical (unpaired) electrons. The maximum atomic E-state index is 5.69. The lowest BCUT2D eigenvalue weighted by Crippen LogP contribution is -2.19. The van der Waals surface area contributed by atoms with Crippen LogP contribution in [0.25, 0.3) is 0 Å². The quantitative estimate of drug-likeness (QED) is 0.841. The Kier molecular flexibility index (Phi) is 5.12. The van der Waals surface area contributed by atoms with Gasteiger partial charge in [-0.25, -0.2) is 0 Å². The van der Waals surface area contributed by atoms with Crippen LogP contribution in [0.4, 0.5) is 0 Å². The van der Waals surface area contributed by atoms with Crippen LogP contribution in [0.1, 0.15) is 43.3 Å². The molecule has 1 aromatic heterocycles. The fourth-order valence-electron chi connectivity index (χ4n) is 1.98. The molecule has 0 saturated carbocycles. The van der Waals surface area contributed by atoms with Crippen molar-refractivity contribution in [2.75, 3.05) is 6.54 Å². The van der Waals surface area contributed by atoms with E-state index in [4.69, 9.17) is 4.74 Å². The zero-order valence-electron chi connectivity index (χ0n) is 12.2. The summed E-state index contributed by atoms with van der Waals surface area (Å²) in [6.45, 7) is 7.72. The molecule has 1 N–H and O–H groups in total. The van der Waals surface area contributed by atoms with Gasteiger partial charge < -0.3 is 14.6 Å². The van der Waals surface area contributed by atoms with Gasteiger partial charge in [-0.05, 0) is 44.0 Å². The lowest BCUT2D eigenvalue weighted by Gasteiger charge is -2.16. The fourth-order valence-corrected chi connectivity index (χ4v) is 1.98. The van der Waals surface area contributed by atoms with Gasteiger partial charge in [-0.3, -0.25) is 0 Å². The van der Waals surface area contributed by atoms with Crippen molar-refractivity contribution in [1.82, 2.24) is 15.5 Å². The van der Waals surface area contributed by atoms with Gasteiger partial charge in [0.15, 0.2) is 6.61 Å². The molecule has 2 aromatic rings. The molecule has 108 valence electrons. The Morgan fingerprint density at radius 2 is 2.25 bits per heavy atom. The molecule has 0 aliphatic rings. The van der Waals surface area contributed by atoms with Crippen molar-refractivity contribution in [2.45, 2.75) is 39.8 Å². The molecule has 5 nitrogen and oxygen atoms in total. The summed E-state index contributed by atoms with van der Waals surface area (Å²) in [5.74, 6) is 1.40. The third-order valence-corrected chi connectivity index (χ3v) is 3.16. The molecule has 5 heteroatoms. The molecular weight excluding hydrogens is 254 g/mol. The smallest absolute Gasteiger partial charge is 0.213 e. The lowest BCUT2D eigenvalue weighted by atomic mass is 10.0. The first kappa shape index (κ1) is 14.5. The number of benzene rings is 1. The van der Waals surface area contributed by atoms with Gasteiger partial charge >= 0.3 is 0 Å². The number of aromatic nitrogens is 2. The van der Waals surface area contributed by atoms with E-state index in [2.05, 4.69) is 46.0 Å². The Morgan fingerprint density at radius 3 is 2.90 bits per heavy atom. The third-order valence-electron chi connectivity index (χ3n) is 3.16. The Hall–Kier alpha value is -1.88. The van der Waals surface area contributed by atoms with Crippen LogP contribution < -0.4 is 10.1 Å². The maximum absolute atomic E-state index is 5.69. The van der Waals surface area contributed by atoms with Crippen molar-refractivity contribution < 1.29 is 9.26 Å². The summed E-state index contributed by atoms with van der Waals surface area (Å²) in [5, 5.41) is 7.20. The summed E-state index contributed by atoms with van der Waals surface area (Å²) < 4.78 is 10.4. The topological polar surface area (TPSA) is 60.2 Å². The Labute approximate surface area is 119 Å². The van der Waals surface area contributed by atoms with Crippen molar-refractivity contribution in [3.05, 3.63) is 41.5 Å². The predicted molar refractivity (Wildman–Crippen MR) is 76.5 cm³/mol. The first-order valence-electron chi connectivity index (χ1n) is 6.92. The number of rotatable bonds is 7. The molecule has 0 bridgehead atoms. The minimum atomic E-state index is 0.320. The summed E-state index contributed by atoms with van der Waals surface area (Å²) in [6, 6.07) is 6.58. The van der Waals surface area contributed by atoms with Gasteiger partial charge in [0.05, 0.1) is 0 Å². The van der Waals surface area contributed by atoms with Gasteiger partial charge in [-0.1, -0.05) is 24.2 Å². The highest BCUT2D eigenvalue weighted by Crippen LogP contribution is 2.23. The number of nitrogens with zero attached hydrogens (tertiary/aromatic N) is 2. The molecule has 20 heavy (non-hydrogen) atoms. The fraction of sp³-hybridized carbons (Fsp3) is 0.467. The molecule has 0 aliphatic carbocycles. The van der Waals surface area contributed by atoms with E-state index in [1.807, 2.05) is 13.0 Å². The van der Waals surface area contributed by atoms with Crippen LogP contribution >= 0.6 is 0 Å². The molecule has 0 amide bonds. The van der Waals surface area contributed by atoms with Gasteiger partial charge in [-0.2, -0.15) is 4.98 Å². The largest absolute Gasteiger partial charge is 0.485 e. The monoisotopic (exact) mass is 275 g/mol. The molecule has 0 aliphatic heterocycles. The van der Waals surface area contributed by atoms with Crippen molar-refractivity contribution in [2.24, 2.45) is 0 Å². The van der Waals surface area contributed by atoms with Gasteiger partial charge in [0.25, 0.3) is 0 Å². The third kappa shape index (κ3) is 3.81. The van der Waals surface area contributed by atoms with Gasteiger partial charge in [-0.15, -0.1) is 0 Å². The van der Waals surface area contributed by atoms with E-state index < -0.39 is 0 Å². The second kappa shape index (κ2) is 7.05. The number of aryl methyl sites for hydroxylation is 1. The second-order valence-corrected chi connectivity index (χ2v) is 4.84. The summed E-state index contributed by atoms with van der Waals surface area (Å²) in [7, 11) is 0. The molecule has 1 heterocycles. The molecule has 1 aromatic carbocycles. The minimum absolute atomic E-state index is 0.320. The number of ether oxygens (including phenoxy) is 1. The highest BCUT2D eigenvalue weighted by molar-refractivity contribution is 5.37. The first-order valence-corrected chi connectivity index (χ1v) is 6.92. The normalized spacial score (nSPS) is 12.3. The van der Waals surface area contributed by atoms with Gasteiger partial charge in [0.2, 0.25) is 12.2 Å². The lowest BCUT2D eigenvalue weighted by molar-refractivity contribution is 0.284. The summed E-state index contributed by atoms with van der Waals surface area (Å²) >= 11 is 0. The molecule has 0 saturated heterocycles. The van der Waals surface area contributed by atoms with E-state index in [1.54, 1.807) is 0 Å². The zero-order chi connectivity index (χ0) is 14.4. The van der Waals surface area contributed by atoms with Crippen LogP contribution in [0.5, 0.6) is 5.75 Å². The number of hydrogen-bond donors (Lipinski definition) is 1. The van der Waals surface area contributed by atoms with Gasteiger partial charge in [0, 0.05) is 6.04 Å². The average molecular weight is 275 g/mol. The molecule has 1 unspecified atom stereocenters. The molecule has 0 fully saturated rings. The highest BCUT2D eigenvalue weighted by Gasteiger charge is 2.08. The number of hydrogen-bond acceptors (Lipinski definition) is 5. The van der Waals surface area contributed by atoms with E-state index in [9.17, 15) is 0 Å². The van der Waals surface area contributed by atoms with Crippen molar-refractivity contribution in [1.29, 1.82) is 0 Å². The van der Waals surface area contributed by atoms with E-state index in [0.29, 0.717) is 18.5 Å². The van der Waals surface area contributed by atoms with Crippen molar-refractivity contribution >= 4 is 0 Å². The SMILES string of the molecule is CCCNC(C)c1ccc(OCc2ncon2)c(C)c1. The minimum Gasteiger partial charge on any atom is -0.485 e. The van der Waals surface area contributed by atoms with Crippen LogP contribution in [-0.2, 0) is 6.61 Å². The van der Waals surface area contributed by atoms with E-state index in [0.717, 1.165) is 24.3 Å². The predicted octanol–water partition coefficient (Wildman–Crippen LogP) is 3.02.